The van der Waals surface area contributed by atoms with Gasteiger partial charge >= 0.3 is 0 Å². The molecule has 16 heavy (non-hydrogen) atoms. The van der Waals surface area contributed by atoms with Gasteiger partial charge in [-0.15, -0.1) is 0 Å². The Morgan fingerprint density at radius 1 is 1.44 bits per heavy atom. The lowest BCUT2D eigenvalue weighted by molar-refractivity contribution is 0.133. The zero-order valence-electron chi connectivity index (χ0n) is 9.31. The van der Waals surface area contributed by atoms with Crippen LogP contribution in [0.3, 0.4) is 0 Å². The van der Waals surface area contributed by atoms with Crippen LogP contribution >= 0.6 is 0 Å². The molecular weight excluding hydrogens is 209 g/mol. The van der Waals surface area contributed by atoms with E-state index in [1.165, 1.54) is 12.1 Å². The number of rotatable bonds is 5. The lowest BCUT2D eigenvalue weighted by Crippen LogP contribution is -2.32. The first-order valence-corrected chi connectivity index (χ1v) is 5.34. The van der Waals surface area contributed by atoms with Gasteiger partial charge in [-0.25, -0.2) is 4.39 Å². The highest BCUT2D eigenvalue weighted by atomic mass is 19.1. The first-order valence-electron chi connectivity index (χ1n) is 5.34. The van der Waals surface area contributed by atoms with Gasteiger partial charge in [0, 0.05) is 12.6 Å². The van der Waals surface area contributed by atoms with Gasteiger partial charge in [0.05, 0.1) is 6.10 Å². The summed E-state index contributed by atoms with van der Waals surface area (Å²) in [6, 6.07) is 5.52. The van der Waals surface area contributed by atoms with Crippen molar-refractivity contribution in [3.63, 3.8) is 0 Å². The molecule has 0 saturated carbocycles. The van der Waals surface area contributed by atoms with Crippen LogP contribution in [0, 0.1) is 11.7 Å². The van der Waals surface area contributed by atoms with Crippen LogP contribution in [0.25, 0.3) is 0 Å². The second kappa shape index (κ2) is 5.94. The Balaban J connectivity index is 2.61. The summed E-state index contributed by atoms with van der Waals surface area (Å²) in [4.78, 5) is 0. The average Bonchev–Trinajstić information content (AvgIpc) is 2.27. The molecular formula is C12H18FNO2. The fourth-order valence-electron chi connectivity index (χ4n) is 1.48. The van der Waals surface area contributed by atoms with Gasteiger partial charge in [0.1, 0.15) is 5.82 Å². The van der Waals surface area contributed by atoms with Gasteiger partial charge in [0.15, 0.2) is 0 Å². The molecule has 0 heterocycles. The molecule has 0 saturated heterocycles. The van der Waals surface area contributed by atoms with Crippen LogP contribution in [0.15, 0.2) is 24.3 Å². The summed E-state index contributed by atoms with van der Waals surface area (Å²) >= 11 is 0. The van der Waals surface area contributed by atoms with E-state index in [4.69, 9.17) is 10.8 Å². The van der Waals surface area contributed by atoms with E-state index in [9.17, 15) is 9.50 Å². The van der Waals surface area contributed by atoms with E-state index in [1.54, 1.807) is 12.1 Å². The summed E-state index contributed by atoms with van der Waals surface area (Å²) in [7, 11) is 0. The number of halogens is 1. The highest BCUT2D eigenvalue weighted by Gasteiger charge is 2.17. The van der Waals surface area contributed by atoms with Crippen LogP contribution in [0.4, 0.5) is 4.39 Å². The summed E-state index contributed by atoms with van der Waals surface area (Å²) in [5.74, 6) is -0.455. The SMILES string of the molecule is C[C@@H](CO)C(N)CC(O)c1cccc(F)c1. The molecule has 3 atom stereocenters. The van der Waals surface area contributed by atoms with Gasteiger partial charge in [-0.05, 0) is 30.0 Å². The van der Waals surface area contributed by atoms with Gasteiger partial charge in [0.2, 0.25) is 0 Å². The van der Waals surface area contributed by atoms with Crippen molar-refractivity contribution >= 4 is 0 Å². The Hall–Kier alpha value is -0.970. The van der Waals surface area contributed by atoms with Gasteiger partial charge in [-0.2, -0.15) is 0 Å². The minimum absolute atomic E-state index is 0.0168. The molecule has 3 nitrogen and oxygen atoms in total. The predicted molar refractivity (Wildman–Crippen MR) is 60.2 cm³/mol. The topological polar surface area (TPSA) is 66.5 Å². The molecule has 0 radical (unpaired) electrons. The lowest BCUT2D eigenvalue weighted by atomic mass is 9.95. The van der Waals surface area contributed by atoms with E-state index in [0.717, 1.165) is 0 Å². The van der Waals surface area contributed by atoms with Crippen LogP contribution in [0.2, 0.25) is 0 Å². The summed E-state index contributed by atoms with van der Waals surface area (Å²) in [6.45, 7) is 1.79. The number of aliphatic hydroxyl groups excluding tert-OH is 2. The normalized spacial score (nSPS) is 16.8. The van der Waals surface area contributed by atoms with Crippen molar-refractivity contribution in [1.29, 1.82) is 0 Å². The van der Waals surface area contributed by atoms with E-state index < -0.39 is 6.10 Å². The average molecular weight is 227 g/mol. The summed E-state index contributed by atoms with van der Waals surface area (Å²) in [6.07, 6.45) is -0.481. The third-order valence-electron chi connectivity index (χ3n) is 2.75. The fourth-order valence-corrected chi connectivity index (χ4v) is 1.48. The number of hydrogen-bond acceptors (Lipinski definition) is 3. The van der Waals surface area contributed by atoms with Crippen LogP contribution in [0.5, 0.6) is 0 Å². The Labute approximate surface area is 94.7 Å². The van der Waals surface area contributed by atoms with Crippen molar-refractivity contribution in [2.75, 3.05) is 6.61 Å². The van der Waals surface area contributed by atoms with E-state index in [1.807, 2.05) is 6.92 Å². The Bertz CT molecular complexity index is 333. The highest BCUT2D eigenvalue weighted by Crippen LogP contribution is 2.20. The van der Waals surface area contributed by atoms with Gasteiger partial charge in [-0.3, -0.25) is 0 Å². The molecule has 1 aromatic rings. The number of benzene rings is 1. The third kappa shape index (κ3) is 3.56. The van der Waals surface area contributed by atoms with Crippen LogP contribution in [0.1, 0.15) is 25.0 Å². The summed E-state index contributed by atoms with van der Waals surface area (Å²) in [5.41, 5.74) is 6.30. The molecule has 0 aliphatic rings. The zero-order chi connectivity index (χ0) is 12.1. The predicted octanol–water partition coefficient (Wildman–Crippen LogP) is 1.20. The molecule has 1 rings (SSSR count). The maximum atomic E-state index is 12.9. The van der Waals surface area contributed by atoms with E-state index in [0.29, 0.717) is 12.0 Å². The quantitative estimate of drug-likeness (QED) is 0.708. The molecule has 1 aromatic carbocycles. The molecule has 4 heteroatoms. The smallest absolute Gasteiger partial charge is 0.123 e. The fraction of sp³-hybridized carbons (Fsp3) is 0.500. The summed E-state index contributed by atoms with van der Waals surface area (Å²) in [5, 5.41) is 18.7. The monoisotopic (exact) mass is 227 g/mol. The third-order valence-corrected chi connectivity index (χ3v) is 2.75. The van der Waals surface area contributed by atoms with Crippen molar-refractivity contribution in [3.8, 4) is 0 Å². The second-order valence-corrected chi connectivity index (χ2v) is 4.13. The summed E-state index contributed by atoms with van der Waals surface area (Å²) < 4.78 is 12.9. The van der Waals surface area contributed by atoms with E-state index in [2.05, 4.69) is 0 Å². The van der Waals surface area contributed by atoms with E-state index in [-0.39, 0.29) is 24.4 Å². The molecule has 0 bridgehead atoms. The van der Waals surface area contributed by atoms with Crippen molar-refractivity contribution in [3.05, 3.63) is 35.6 Å². The maximum Gasteiger partial charge on any atom is 0.123 e. The number of hydrogen-bond donors (Lipinski definition) is 3. The molecule has 0 fully saturated rings. The lowest BCUT2D eigenvalue weighted by Gasteiger charge is -2.21. The minimum Gasteiger partial charge on any atom is -0.396 e. The molecule has 90 valence electrons. The molecule has 2 unspecified atom stereocenters. The standard InChI is InChI=1S/C12H18FNO2/c1-8(7-15)11(14)6-12(16)9-3-2-4-10(13)5-9/h2-5,8,11-12,15-16H,6-7,14H2,1H3/t8-,11?,12?/m0/s1. The largest absolute Gasteiger partial charge is 0.396 e. The van der Waals surface area contributed by atoms with Crippen molar-refractivity contribution in [2.45, 2.75) is 25.5 Å². The Morgan fingerprint density at radius 3 is 2.69 bits per heavy atom. The molecule has 0 aliphatic carbocycles. The van der Waals surface area contributed by atoms with E-state index >= 15 is 0 Å². The van der Waals surface area contributed by atoms with Crippen molar-refractivity contribution in [1.82, 2.24) is 0 Å². The molecule has 0 aliphatic heterocycles. The zero-order valence-corrected chi connectivity index (χ0v) is 9.31. The Kier molecular flexibility index (Phi) is 4.86. The first-order chi connectivity index (χ1) is 7.54. The number of nitrogens with two attached hydrogens (primary N) is 1. The van der Waals surface area contributed by atoms with Gasteiger partial charge < -0.3 is 15.9 Å². The number of aliphatic hydroxyl groups is 2. The van der Waals surface area contributed by atoms with Gasteiger partial charge in [-0.1, -0.05) is 19.1 Å². The molecule has 0 amide bonds. The van der Waals surface area contributed by atoms with Gasteiger partial charge in [0.25, 0.3) is 0 Å². The van der Waals surface area contributed by atoms with Crippen molar-refractivity contribution < 1.29 is 14.6 Å². The van der Waals surface area contributed by atoms with Crippen LogP contribution in [-0.2, 0) is 0 Å². The second-order valence-electron chi connectivity index (χ2n) is 4.13. The van der Waals surface area contributed by atoms with Crippen LogP contribution in [-0.4, -0.2) is 22.9 Å². The van der Waals surface area contributed by atoms with Crippen molar-refractivity contribution in [2.24, 2.45) is 11.7 Å². The molecule has 0 spiro atoms. The van der Waals surface area contributed by atoms with Crippen LogP contribution < -0.4 is 5.73 Å². The molecule has 0 aromatic heterocycles. The maximum absolute atomic E-state index is 12.9. The Morgan fingerprint density at radius 2 is 2.12 bits per heavy atom. The highest BCUT2D eigenvalue weighted by molar-refractivity contribution is 5.18. The minimum atomic E-state index is -0.792. The molecule has 4 N–H and O–H groups in total. The first kappa shape index (κ1) is 13.1.